The molecule has 0 aromatic carbocycles. The van der Waals surface area contributed by atoms with E-state index in [2.05, 4.69) is 0 Å². The summed E-state index contributed by atoms with van der Waals surface area (Å²) in [6.45, 7) is 10.0. The third-order valence-electron chi connectivity index (χ3n) is 6.23. The van der Waals surface area contributed by atoms with Crippen molar-refractivity contribution >= 4 is 23.4 Å². The van der Waals surface area contributed by atoms with Crippen molar-refractivity contribution in [2.24, 2.45) is 11.8 Å². The fourth-order valence-corrected chi connectivity index (χ4v) is 4.42. The Morgan fingerprint density at radius 2 is 1.06 bits per heavy atom. The molecule has 0 aromatic heterocycles. The second-order valence-corrected chi connectivity index (χ2v) is 9.33. The van der Waals surface area contributed by atoms with Gasteiger partial charge in [-0.25, -0.2) is 0 Å². The maximum atomic E-state index is 12.4. The first-order valence-corrected chi connectivity index (χ1v) is 12.1. The van der Waals surface area contributed by atoms with Gasteiger partial charge in [0.1, 0.15) is 0 Å². The standard InChI is InChI=1S/C24H40N2O6/c1-17(2)23(29)19-7-5-11-25(19)21(27)9-13-31-15-16-32-14-10-22(28)26-12-6-8-20(26)24(30)18(3)4/h17-20H,5-16H2,1-4H3/t19-,20-/m0/s1. The van der Waals surface area contributed by atoms with Gasteiger partial charge >= 0.3 is 0 Å². The molecule has 0 N–H and O–H groups in total. The Bertz CT molecular complexity index is 607. The van der Waals surface area contributed by atoms with E-state index in [-0.39, 0.29) is 73.4 Å². The zero-order chi connectivity index (χ0) is 23.7. The zero-order valence-corrected chi connectivity index (χ0v) is 20.1. The predicted molar refractivity (Wildman–Crippen MR) is 120 cm³/mol. The summed E-state index contributed by atoms with van der Waals surface area (Å²) < 4.78 is 11.0. The van der Waals surface area contributed by atoms with E-state index in [0.717, 1.165) is 25.7 Å². The molecule has 2 fully saturated rings. The number of amides is 2. The smallest absolute Gasteiger partial charge is 0.225 e. The minimum atomic E-state index is -0.283. The summed E-state index contributed by atoms with van der Waals surface area (Å²) in [5.74, 6) is 0.0526. The van der Waals surface area contributed by atoms with Crippen molar-refractivity contribution in [3.05, 3.63) is 0 Å². The molecule has 0 saturated carbocycles. The quantitative estimate of drug-likeness (QED) is 0.398. The summed E-state index contributed by atoms with van der Waals surface area (Å²) in [6.07, 6.45) is 3.74. The molecule has 2 aliphatic heterocycles. The summed E-state index contributed by atoms with van der Waals surface area (Å²) >= 11 is 0. The first-order chi connectivity index (χ1) is 15.2. The van der Waals surface area contributed by atoms with Crippen LogP contribution < -0.4 is 0 Å². The Morgan fingerprint density at radius 3 is 1.41 bits per heavy atom. The molecule has 2 amide bonds. The van der Waals surface area contributed by atoms with Crippen LogP contribution in [0.25, 0.3) is 0 Å². The second-order valence-electron chi connectivity index (χ2n) is 9.33. The molecule has 2 atom stereocenters. The molecule has 2 saturated heterocycles. The Balaban J connectivity index is 1.56. The molecule has 0 aromatic rings. The third kappa shape index (κ3) is 7.37. The number of nitrogens with zero attached hydrogens (tertiary/aromatic N) is 2. The summed E-state index contributed by atoms with van der Waals surface area (Å²) in [4.78, 5) is 52.8. The van der Waals surface area contributed by atoms with E-state index in [4.69, 9.17) is 9.47 Å². The monoisotopic (exact) mass is 452 g/mol. The van der Waals surface area contributed by atoms with Gasteiger partial charge in [0.2, 0.25) is 11.8 Å². The van der Waals surface area contributed by atoms with E-state index < -0.39 is 0 Å². The molecular formula is C24H40N2O6. The number of ether oxygens (including phenoxy) is 2. The SMILES string of the molecule is CC(C)C(=O)[C@@H]1CCCN1C(=O)CCOCCOCCC(=O)N1CCC[C@H]1C(=O)C(C)C. The average Bonchev–Trinajstić information content (AvgIpc) is 3.43. The van der Waals surface area contributed by atoms with Crippen LogP contribution in [-0.2, 0) is 28.7 Å². The maximum absolute atomic E-state index is 12.4. The van der Waals surface area contributed by atoms with E-state index in [1.807, 2.05) is 27.7 Å². The first kappa shape index (κ1) is 26.5. The van der Waals surface area contributed by atoms with Crippen LogP contribution in [0.15, 0.2) is 0 Å². The van der Waals surface area contributed by atoms with Crippen LogP contribution in [0.2, 0.25) is 0 Å². The van der Waals surface area contributed by atoms with Crippen molar-refractivity contribution in [2.45, 2.75) is 78.3 Å². The van der Waals surface area contributed by atoms with Crippen LogP contribution in [0.5, 0.6) is 0 Å². The van der Waals surface area contributed by atoms with Gasteiger partial charge in [0.25, 0.3) is 0 Å². The molecule has 2 heterocycles. The number of carbonyl (C=O) groups excluding carboxylic acids is 4. The van der Waals surface area contributed by atoms with Crippen molar-refractivity contribution in [1.29, 1.82) is 0 Å². The van der Waals surface area contributed by atoms with Gasteiger partial charge in [0, 0.05) is 24.9 Å². The Morgan fingerprint density at radius 1 is 0.688 bits per heavy atom. The lowest BCUT2D eigenvalue weighted by molar-refractivity contribution is -0.140. The number of carbonyl (C=O) groups is 4. The van der Waals surface area contributed by atoms with E-state index >= 15 is 0 Å². The number of rotatable bonds is 13. The molecule has 32 heavy (non-hydrogen) atoms. The highest BCUT2D eigenvalue weighted by atomic mass is 16.5. The number of hydrogen-bond acceptors (Lipinski definition) is 6. The van der Waals surface area contributed by atoms with Gasteiger partial charge in [-0.1, -0.05) is 27.7 Å². The van der Waals surface area contributed by atoms with E-state index in [0.29, 0.717) is 26.3 Å². The lowest BCUT2D eigenvalue weighted by Gasteiger charge is -2.25. The molecule has 0 unspecified atom stereocenters. The van der Waals surface area contributed by atoms with Crippen LogP contribution in [0.4, 0.5) is 0 Å². The van der Waals surface area contributed by atoms with Crippen LogP contribution >= 0.6 is 0 Å². The highest BCUT2D eigenvalue weighted by molar-refractivity contribution is 5.91. The minimum absolute atomic E-state index is 0.0378. The first-order valence-electron chi connectivity index (χ1n) is 12.1. The third-order valence-corrected chi connectivity index (χ3v) is 6.23. The van der Waals surface area contributed by atoms with Crippen LogP contribution in [0, 0.1) is 11.8 Å². The fraction of sp³-hybridized carbons (Fsp3) is 0.833. The minimum Gasteiger partial charge on any atom is -0.379 e. The molecule has 0 radical (unpaired) electrons. The Kier molecular flexibility index (Phi) is 10.8. The summed E-state index contributed by atoms with van der Waals surface area (Å²) in [5, 5.41) is 0. The topological polar surface area (TPSA) is 93.2 Å². The van der Waals surface area contributed by atoms with Crippen molar-refractivity contribution in [1.82, 2.24) is 9.80 Å². The lowest BCUT2D eigenvalue weighted by Crippen LogP contribution is -2.42. The van der Waals surface area contributed by atoms with Crippen LogP contribution in [-0.4, -0.2) is 84.8 Å². The van der Waals surface area contributed by atoms with Crippen molar-refractivity contribution < 1.29 is 28.7 Å². The summed E-state index contributed by atoms with van der Waals surface area (Å²) in [6, 6.07) is -0.566. The fourth-order valence-electron chi connectivity index (χ4n) is 4.42. The van der Waals surface area contributed by atoms with Crippen molar-refractivity contribution in [2.75, 3.05) is 39.5 Å². The zero-order valence-electron chi connectivity index (χ0n) is 20.1. The molecule has 0 aliphatic carbocycles. The molecule has 2 aliphatic rings. The molecule has 0 bridgehead atoms. The van der Waals surface area contributed by atoms with Crippen molar-refractivity contribution in [3.63, 3.8) is 0 Å². The predicted octanol–water partition coefficient (Wildman–Crippen LogP) is 2.23. The lowest BCUT2D eigenvalue weighted by atomic mass is 10.00. The van der Waals surface area contributed by atoms with E-state index in [9.17, 15) is 19.2 Å². The van der Waals surface area contributed by atoms with E-state index in [1.54, 1.807) is 9.80 Å². The Labute approximate surface area is 192 Å². The van der Waals surface area contributed by atoms with Crippen LogP contribution in [0.1, 0.15) is 66.2 Å². The summed E-state index contributed by atoms with van der Waals surface area (Å²) in [7, 11) is 0. The molecule has 8 nitrogen and oxygen atoms in total. The number of hydrogen-bond donors (Lipinski definition) is 0. The molecule has 2 rings (SSSR count). The van der Waals surface area contributed by atoms with Crippen molar-refractivity contribution in [3.8, 4) is 0 Å². The van der Waals surface area contributed by atoms with Gasteiger partial charge in [0.05, 0.1) is 51.4 Å². The van der Waals surface area contributed by atoms with Gasteiger partial charge < -0.3 is 19.3 Å². The average molecular weight is 453 g/mol. The highest BCUT2D eigenvalue weighted by Crippen LogP contribution is 2.22. The number of Topliss-reactive ketones (excluding diaryl/α,β-unsaturated/α-hetero) is 2. The highest BCUT2D eigenvalue weighted by Gasteiger charge is 2.35. The second kappa shape index (κ2) is 13.0. The molecule has 0 spiro atoms. The molecule has 8 heteroatoms. The van der Waals surface area contributed by atoms with Gasteiger partial charge in [-0.3, -0.25) is 19.2 Å². The molecule has 182 valence electrons. The molecular weight excluding hydrogens is 412 g/mol. The number of likely N-dealkylation sites (tertiary alicyclic amines) is 2. The van der Waals surface area contributed by atoms with Gasteiger partial charge in [-0.2, -0.15) is 0 Å². The van der Waals surface area contributed by atoms with Gasteiger partial charge in [-0.15, -0.1) is 0 Å². The van der Waals surface area contributed by atoms with Gasteiger partial charge in [0.15, 0.2) is 11.6 Å². The normalized spacial score (nSPS) is 21.1. The number of ketones is 2. The van der Waals surface area contributed by atoms with E-state index in [1.165, 1.54) is 0 Å². The maximum Gasteiger partial charge on any atom is 0.225 e. The van der Waals surface area contributed by atoms with Gasteiger partial charge in [-0.05, 0) is 25.7 Å². The van der Waals surface area contributed by atoms with Crippen LogP contribution in [0.3, 0.4) is 0 Å². The Hall–Kier alpha value is -1.80. The largest absolute Gasteiger partial charge is 0.379 e. The summed E-state index contributed by atoms with van der Waals surface area (Å²) in [5.41, 5.74) is 0.